The van der Waals surface area contributed by atoms with Crippen molar-refractivity contribution in [1.29, 1.82) is 0 Å². The van der Waals surface area contributed by atoms with Crippen LogP contribution in [0.25, 0.3) is 0 Å². The zero-order chi connectivity index (χ0) is 21.8. The lowest BCUT2D eigenvalue weighted by Crippen LogP contribution is -2.41. The van der Waals surface area contributed by atoms with Gasteiger partial charge in [-0.25, -0.2) is 22.5 Å². The molecule has 0 aliphatic carbocycles. The molecule has 0 heterocycles. The average molecular weight is 437 g/mol. The lowest BCUT2D eigenvalue weighted by atomic mass is 10.2. The van der Waals surface area contributed by atoms with Crippen molar-refractivity contribution in [3.05, 3.63) is 66.0 Å². The first-order valence-electron chi connectivity index (χ1n) is 9.84. The summed E-state index contributed by atoms with van der Waals surface area (Å²) in [7, 11) is -3.43. The second-order valence-electron chi connectivity index (χ2n) is 6.63. The molecule has 0 amide bonds. The molecule has 0 aromatic heterocycles. The number of ether oxygens (including phenoxy) is 1. The van der Waals surface area contributed by atoms with E-state index < -0.39 is 15.8 Å². The summed E-state index contributed by atoms with van der Waals surface area (Å²) in [4.78, 5) is 4.38. The van der Waals surface area contributed by atoms with E-state index in [1.807, 2.05) is 37.3 Å². The highest BCUT2D eigenvalue weighted by atomic mass is 32.2. The third kappa shape index (κ3) is 8.79. The quantitative estimate of drug-likeness (QED) is 0.371. The van der Waals surface area contributed by atoms with Gasteiger partial charge in [-0.2, -0.15) is 0 Å². The number of halogens is 1. The van der Waals surface area contributed by atoms with E-state index in [1.54, 1.807) is 25.1 Å². The summed E-state index contributed by atoms with van der Waals surface area (Å²) in [5, 5.41) is 6.05. The Balaban J connectivity index is 1.80. The molecule has 9 heteroatoms. The minimum absolute atomic E-state index is 0.0917. The van der Waals surface area contributed by atoms with Crippen LogP contribution in [-0.4, -0.2) is 45.9 Å². The van der Waals surface area contributed by atoms with Gasteiger partial charge in [0.05, 0.1) is 12.3 Å². The van der Waals surface area contributed by atoms with E-state index in [2.05, 4.69) is 20.3 Å². The van der Waals surface area contributed by atoms with Crippen molar-refractivity contribution < 1.29 is 17.5 Å². The maximum Gasteiger partial charge on any atom is 0.213 e. The Hall–Kier alpha value is -2.65. The molecule has 7 nitrogen and oxygen atoms in total. The van der Waals surface area contributed by atoms with Crippen LogP contribution in [0.3, 0.4) is 0 Å². The van der Waals surface area contributed by atoms with Crippen LogP contribution < -0.4 is 20.1 Å². The average Bonchev–Trinajstić information content (AvgIpc) is 2.73. The van der Waals surface area contributed by atoms with Crippen LogP contribution in [0.5, 0.6) is 5.75 Å². The predicted octanol–water partition coefficient (Wildman–Crippen LogP) is 2.27. The highest BCUT2D eigenvalue weighted by molar-refractivity contribution is 7.89. The van der Waals surface area contributed by atoms with Gasteiger partial charge in [0, 0.05) is 19.6 Å². The van der Waals surface area contributed by atoms with E-state index in [4.69, 9.17) is 4.74 Å². The maximum absolute atomic E-state index is 13.7. The second kappa shape index (κ2) is 12.1. The van der Waals surface area contributed by atoms with E-state index in [0.717, 1.165) is 5.56 Å². The van der Waals surface area contributed by atoms with Crippen LogP contribution in [-0.2, 0) is 16.6 Å². The minimum atomic E-state index is -3.43. The molecule has 0 spiro atoms. The van der Waals surface area contributed by atoms with Gasteiger partial charge in [-0.3, -0.25) is 0 Å². The summed E-state index contributed by atoms with van der Waals surface area (Å²) in [5.41, 5.74) is 0.896. The lowest BCUT2D eigenvalue weighted by Gasteiger charge is -2.15. The smallest absolute Gasteiger partial charge is 0.213 e. The molecular formula is C21H29FN4O3S. The normalized spacial score (nSPS) is 13.0. The van der Waals surface area contributed by atoms with Gasteiger partial charge in [0.2, 0.25) is 10.0 Å². The topological polar surface area (TPSA) is 91.8 Å². The molecule has 2 rings (SSSR count). The number of aliphatic imine (C=N–C) groups is 1. The lowest BCUT2D eigenvalue weighted by molar-refractivity contribution is 0.220. The Morgan fingerprint density at radius 2 is 1.80 bits per heavy atom. The third-order valence-electron chi connectivity index (χ3n) is 4.02. The monoisotopic (exact) mass is 436 g/mol. The van der Waals surface area contributed by atoms with Crippen molar-refractivity contribution >= 4 is 16.0 Å². The Morgan fingerprint density at radius 1 is 1.10 bits per heavy atom. The molecule has 164 valence electrons. The number of nitrogens with zero attached hydrogens (tertiary/aromatic N) is 1. The molecule has 1 atom stereocenters. The van der Waals surface area contributed by atoms with Gasteiger partial charge in [0.25, 0.3) is 0 Å². The third-order valence-corrected chi connectivity index (χ3v) is 5.34. The fraction of sp³-hybridized carbons (Fsp3) is 0.381. The first kappa shape index (κ1) is 23.6. The molecule has 0 aliphatic heterocycles. The minimum Gasteiger partial charge on any atom is -0.486 e. The van der Waals surface area contributed by atoms with Crippen LogP contribution in [0.1, 0.15) is 19.4 Å². The molecule has 30 heavy (non-hydrogen) atoms. The van der Waals surface area contributed by atoms with Crippen LogP contribution in [0.2, 0.25) is 0 Å². The number of para-hydroxylation sites is 1. The number of rotatable bonds is 11. The van der Waals surface area contributed by atoms with Crippen molar-refractivity contribution in [2.45, 2.75) is 26.5 Å². The van der Waals surface area contributed by atoms with E-state index >= 15 is 0 Å². The Kier molecular flexibility index (Phi) is 9.56. The number of guanidine groups is 1. The summed E-state index contributed by atoms with van der Waals surface area (Å²) in [6.45, 7) is 5.04. The zero-order valence-electron chi connectivity index (χ0n) is 17.3. The van der Waals surface area contributed by atoms with Gasteiger partial charge in [-0.05, 0) is 31.5 Å². The maximum atomic E-state index is 13.7. The number of hydrogen-bond acceptors (Lipinski definition) is 4. The van der Waals surface area contributed by atoms with Gasteiger partial charge in [0.15, 0.2) is 17.5 Å². The molecule has 0 fully saturated rings. The second-order valence-corrected chi connectivity index (χ2v) is 8.56. The first-order valence-corrected chi connectivity index (χ1v) is 11.5. The van der Waals surface area contributed by atoms with E-state index in [0.29, 0.717) is 12.5 Å². The van der Waals surface area contributed by atoms with Gasteiger partial charge in [0.1, 0.15) is 6.10 Å². The van der Waals surface area contributed by atoms with Crippen molar-refractivity contribution in [3.63, 3.8) is 0 Å². The number of hydrogen-bond donors (Lipinski definition) is 3. The summed E-state index contributed by atoms with van der Waals surface area (Å²) in [6, 6.07) is 15.5. The summed E-state index contributed by atoms with van der Waals surface area (Å²) in [6.07, 6.45) is -0.353. The Labute approximate surface area is 177 Å². The van der Waals surface area contributed by atoms with Gasteiger partial charge in [-0.1, -0.05) is 42.5 Å². The molecule has 2 aromatic rings. The van der Waals surface area contributed by atoms with E-state index in [1.165, 1.54) is 6.07 Å². The van der Waals surface area contributed by atoms with Crippen LogP contribution >= 0.6 is 0 Å². The molecule has 3 N–H and O–H groups in total. The van der Waals surface area contributed by atoms with Crippen molar-refractivity contribution in [2.24, 2.45) is 4.99 Å². The van der Waals surface area contributed by atoms with Crippen LogP contribution in [0, 0.1) is 5.82 Å². The number of benzene rings is 2. The fourth-order valence-corrected chi connectivity index (χ4v) is 3.42. The van der Waals surface area contributed by atoms with E-state index in [-0.39, 0.29) is 37.2 Å². The number of sulfonamides is 1. The molecule has 0 saturated carbocycles. The summed E-state index contributed by atoms with van der Waals surface area (Å²) >= 11 is 0. The van der Waals surface area contributed by atoms with Gasteiger partial charge in [-0.15, -0.1) is 0 Å². The Morgan fingerprint density at radius 3 is 2.50 bits per heavy atom. The molecular weight excluding hydrogens is 407 g/mol. The largest absolute Gasteiger partial charge is 0.486 e. The van der Waals surface area contributed by atoms with Crippen molar-refractivity contribution in [3.8, 4) is 5.75 Å². The predicted molar refractivity (Wildman–Crippen MR) is 118 cm³/mol. The van der Waals surface area contributed by atoms with Crippen molar-refractivity contribution in [1.82, 2.24) is 15.4 Å². The molecule has 0 saturated heterocycles. The number of nitrogens with one attached hydrogen (secondary N) is 3. The molecule has 0 aliphatic rings. The highest BCUT2D eigenvalue weighted by Gasteiger charge is 2.11. The summed E-state index contributed by atoms with van der Waals surface area (Å²) < 4.78 is 46.2. The first-order chi connectivity index (χ1) is 14.4. The highest BCUT2D eigenvalue weighted by Crippen LogP contribution is 2.16. The van der Waals surface area contributed by atoms with Crippen molar-refractivity contribution in [2.75, 3.05) is 25.4 Å². The molecule has 0 radical (unpaired) electrons. The standard InChI is InChI=1S/C21H29FN4O3S/c1-3-23-21(25-15-17(2)29-20-12-8-7-11-19(20)22)24-13-14-30(27,28)26-16-18-9-5-4-6-10-18/h4-12,17,26H,3,13-16H2,1-2H3,(H2,23,24,25). The molecule has 2 aromatic carbocycles. The van der Waals surface area contributed by atoms with Gasteiger partial charge < -0.3 is 15.4 Å². The fourth-order valence-electron chi connectivity index (χ4n) is 2.52. The SMILES string of the molecule is CCNC(=NCC(C)Oc1ccccc1F)NCCS(=O)(=O)NCc1ccccc1. The Bertz CT molecular complexity index is 907. The van der Waals surface area contributed by atoms with Crippen LogP contribution in [0.15, 0.2) is 59.6 Å². The molecule has 0 bridgehead atoms. The zero-order valence-corrected chi connectivity index (χ0v) is 18.1. The van der Waals surface area contributed by atoms with Crippen LogP contribution in [0.4, 0.5) is 4.39 Å². The van der Waals surface area contributed by atoms with Gasteiger partial charge >= 0.3 is 0 Å². The summed E-state index contributed by atoms with van der Waals surface area (Å²) in [5.74, 6) is 0.131. The van der Waals surface area contributed by atoms with E-state index in [9.17, 15) is 12.8 Å². The molecule has 1 unspecified atom stereocenters.